The van der Waals surface area contributed by atoms with Crippen molar-refractivity contribution in [3.05, 3.63) is 59.9 Å². The average Bonchev–Trinajstić information content (AvgIpc) is 3.44. The average molecular weight is 746 g/mol. The minimum atomic E-state index is -5.04. The van der Waals surface area contributed by atoms with Crippen molar-refractivity contribution in [1.29, 1.82) is 0 Å². The number of hydrogen-bond donors (Lipinski definition) is 2. The van der Waals surface area contributed by atoms with Crippen LogP contribution in [0.3, 0.4) is 0 Å². The third kappa shape index (κ3) is 8.51. The lowest BCUT2D eigenvalue weighted by Crippen LogP contribution is -2.60. The molecule has 3 heterocycles. The molecule has 0 aliphatic carbocycles. The van der Waals surface area contributed by atoms with Gasteiger partial charge in [-0.1, -0.05) is 23.5 Å². The summed E-state index contributed by atoms with van der Waals surface area (Å²) in [6.45, 7) is -1.27. The normalized spacial score (nSPS) is 16.5. The number of sulfonamides is 1. The molecule has 2 aromatic heterocycles. The Bertz CT molecular complexity index is 1940. The van der Waals surface area contributed by atoms with Gasteiger partial charge in [0, 0.05) is 26.2 Å². The second-order valence-corrected chi connectivity index (χ2v) is 13.0. The van der Waals surface area contributed by atoms with Gasteiger partial charge in [0.25, 0.3) is 0 Å². The molecule has 4 aromatic rings. The lowest BCUT2D eigenvalue weighted by Gasteiger charge is -2.39. The van der Waals surface area contributed by atoms with Crippen LogP contribution in [-0.2, 0) is 27.5 Å². The summed E-state index contributed by atoms with van der Waals surface area (Å²) in [6, 6.07) is 6.08. The van der Waals surface area contributed by atoms with Crippen molar-refractivity contribution in [3.63, 3.8) is 0 Å². The quantitative estimate of drug-likeness (QED) is 0.243. The first kappa shape index (κ1) is 35.7. The summed E-state index contributed by atoms with van der Waals surface area (Å²) in [6.07, 6.45) is -14.9. The van der Waals surface area contributed by atoms with Gasteiger partial charge in [0.1, 0.15) is 28.1 Å². The molecule has 0 bridgehead atoms. The van der Waals surface area contributed by atoms with Gasteiger partial charge in [-0.25, -0.2) is 18.4 Å². The van der Waals surface area contributed by atoms with E-state index >= 15 is 0 Å². The third-order valence-electron chi connectivity index (χ3n) is 6.71. The molecule has 1 fully saturated rings. The number of nitrogens with two attached hydrogens (primary N) is 1. The standard InChI is InChI=1S/C26H20F9N7O5S2/c27-24(28,29)22-38-19(36)18-20(39-22)40-23(48-18)41-9-10-42(49(44,45)16-7-5-15(6-8-16)47-26(33,34)35)17(12-41)21(43)37-11-13-1-3-14(4-2-13)46-25(30,31)32/h1-8,17H,9-12H2,(H,37,43)(H2,36,38,39)/t17-/m1/s1. The Morgan fingerprint density at radius 1 is 0.878 bits per heavy atom. The minimum Gasteiger partial charge on any atom is -0.406 e. The van der Waals surface area contributed by atoms with Gasteiger partial charge in [0.2, 0.25) is 21.8 Å². The first-order valence-electron chi connectivity index (χ1n) is 13.5. The number of carbonyl (C=O) groups is 1. The molecule has 1 amide bonds. The number of ether oxygens (including phenoxy) is 2. The third-order valence-corrected chi connectivity index (χ3v) is 9.76. The van der Waals surface area contributed by atoms with Gasteiger partial charge in [0.05, 0.1) is 4.90 Å². The largest absolute Gasteiger partial charge is 0.573 e. The highest BCUT2D eigenvalue weighted by atomic mass is 32.2. The summed E-state index contributed by atoms with van der Waals surface area (Å²) < 4.78 is 151. The molecule has 0 radical (unpaired) electrons. The van der Waals surface area contributed by atoms with E-state index in [1.165, 1.54) is 17.0 Å². The van der Waals surface area contributed by atoms with E-state index in [1.54, 1.807) is 0 Å². The van der Waals surface area contributed by atoms with Crippen LogP contribution in [0, 0.1) is 0 Å². The van der Waals surface area contributed by atoms with E-state index in [0.717, 1.165) is 52.0 Å². The molecule has 1 aliphatic rings. The number of alkyl halides is 9. The van der Waals surface area contributed by atoms with Crippen LogP contribution < -0.4 is 25.4 Å². The number of amides is 1. The molecule has 23 heteroatoms. The van der Waals surface area contributed by atoms with E-state index in [0.29, 0.717) is 5.56 Å². The molecule has 0 unspecified atom stereocenters. The first-order chi connectivity index (χ1) is 22.7. The highest BCUT2D eigenvalue weighted by Gasteiger charge is 2.42. The fraction of sp³-hybridized carbons (Fsp3) is 0.308. The molecule has 0 spiro atoms. The van der Waals surface area contributed by atoms with Crippen LogP contribution in [0.1, 0.15) is 11.4 Å². The van der Waals surface area contributed by atoms with Gasteiger partial charge in [-0.15, -0.1) is 26.3 Å². The van der Waals surface area contributed by atoms with Crippen LogP contribution in [0.4, 0.5) is 50.5 Å². The number of rotatable bonds is 8. The zero-order valence-electron chi connectivity index (χ0n) is 24.1. The number of aromatic nitrogens is 3. The lowest BCUT2D eigenvalue weighted by molar-refractivity contribution is -0.275. The molecular weight excluding hydrogens is 725 g/mol. The highest BCUT2D eigenvalue weighted by Crippen LogP contribution is 2.36. The Morgan fingerprint density at radius 3 is 2.00 bits per heavy atom. The Labute approximate surface area is 273 Å². The Balaban J connectivity index is 1.42. The smallest absolute Gasteiger partial charge is 0.406 e. The van der Waals surface area contributed by atoms with Gasteiger partial charge >= 0.3 is 18.9 Å². The van der Waals surface area contributed by atoms with E-state index in [2.05, 4.69) is 29.7 Å². The summed E-state index contributed by atoms with van der Waals surface area (Å²) >= 11 is 0.790. The van der Waals surface area contributed by atoms with E-state index in [1.807, 2.05) is 0 Å². The topological polar surface area (TPSA) is 153 Å². The molecular formula is C26H20F9N7O5S2. The predicted octanol–water partition coefficient (Wildman–Crippen LogP) is 4.68. The van der Waals surface area contributed by atoms with Crippen molar-refractivity contribution in [2.24, 2.45) is 0 Å². The number of nitrogen functional groups attached to an aromatic ring is 1. The van der Waals surface area contributed by atoms with Gasteiger partial charge in [-0.2, -0.15) is 22.5 Å². The van der Waals surface area contributed by atoms with Gasteiger partial charge < -0.3 is 25.4 Å². The van der Waals surface area contributed by atoms with Crippen LogP contribution in [-0.4, -0.2) is 72.0 Å². The Kier molecular flexibility index (Phi) is 9.46. The highest BCUT2D eigenvalue weighted by molar-refractivity contribution is 7.89. The van der Waals surface area contributed by atoms with E-state index < -0.39 is 87.6 Å². The summed E-state index contributed by atoms with van der Waals surface area (Å²) in [4.78, 5) is 25.2. The number of benzene rings is 2. The number of thiazole rings is 1. The van der Waals surface area contributed by atoms with Crippen LogP contribution in [0.25, 0.3) is 10.3 Å². The fourth-order valence-electron chi connectivity index (χ4n) is 4.60. The molecule has 1 aliphatic heterocycles. The molecule has 12 nitrogen and oxygen atoms in total. The molecule has 2 aromatic carbocycles. The van der Waals surface area contributed by atoms with Crippen LogP contribution in [0.15, 0.2) is 53.4 Å². The maximum absolute atomic E-state index is 13.7. The second-order valence-electron chi connectivity index (χ2n) is 10.1. The Hall–Kier alpha value is -4.64. The van der Waals surface area contributed by atoms with Crippen LogP contribution in [0.2, 0.25) is 0 Å². The van der Waals surface area contributed by atoms with Crippen molar-refractivity contribution in [2.45, 2.75) is 36.4 Å². The SMILES string of the molecule is Nc1nc(C(F)(F)F)nc2nc(N3CCN(S(=O)(=O)c4ccc(OC(F)(F)F)cc4)[C@@H](C(=O)NCc4ccc(OC(F)(F)F)cc4)C3)sc12. The minimum absolute atomic E-state index is 0.00170. The van der Waals surface area contributed by atoms with Gasteiger partial charge in [-0.05, 0) is 42.0 Å². The summed E-state index contributed by atoms with van der Waals surface area (Å²) in [5.74, 6) is -4.18. The molecule has 0 saturated carbocycles. The van der Waals surface area contributed by atoms with E-state index in [4.69, 9.17) is 5.73 Å². The number of nitrogens with zero attached hydrogens (tertiary/aromatic N) is 5. The first-order valence-corrected chi connectivity index (χ1v) is 15.7. The molecule has 5 rings (SSSR count). The van der Waals surface area contributed by atoms with Gasteiger partial charge in [-0.3, -0.25) is 4.79 Å². The molecule has 49 heavy (non-hydrogen) atoms. The zero-order chi connectivity index (χ0) is 35.9. The monoisotopic (exact) mass is 745 g/mol. The van der Waals surface area contributed by atoms with E-state index in [9.17, 15) is 52.7 Å². The van der Waals surface area contributed by atoms with Crippen LogP contribution >= 0.6 is 11.3 Å². The van der Waals surface area contributed by atoms with Crippen molar-refractivity contribution in [2.75, 3.05) is 30.3 Å². The molecule has 3 N–H and O–H groups in total. The maximum atomic E-state index is 13.7. The second kappa shape index (κ2) is 13.0. The maximum Gasteiger partial charge on any atom is 0.573 e. The number of carbonyl (C=O) groups excluding carboxylic acids is 1. The molecule has 1 atom stereocenters. The van der Waals surface area contributed by atoms with E-state index in [-0.39, 0.29) is 22.9 Å². The Morgan fingerprint density at radius 2 is 1.45 bits per heavy atom. The number of nitrogens with one attached hydrogen (secondary N) is 1. The lowest BCUT2D eigenvalue weighted by atomic mass is 10.1. The van der Waals surface area contributed by atoms with Crippen molar-refractivity contribution in [3.8, 4) is 11.5 Å². The number of fused-ring (bicyclic) bond motifs is 1. The predicted molar refractivity (Wildman–Crippen MR) is 153 cm³/mol. The summed E-state index contributed by atoms with van der Waals surface area (Å²) in [5.41, 5.74) is 5.61. The van der Waals surface area contributed by atoms with Gasteiger partial charge in [0.15, 0.2) is 10.8 Å². The number of hydrogen-bond acceptors (Lipinski definition) is 11. The van der Waals surface area contributed by atoms with Crippen molar-refractivity contribution < 1.29 is 62.2 Å². The van der Waals surface area contributed by atoms with Crippen molar-refractivity contribution >= 4 is 48.6 Å². The molecule has 1 saturated heterocycles. The van der Waals surface area contributed by atoms with Crippen molar-refractivity contribution in [1.82, 2.24) is 24.6 Å². The number of anilines is 2. The fourth-order valence-corrected chi connectivity index (χ4v) is 7.11. The zero-order valence-corrected chi connectivity index (χ0v) is 25.7. The summed E-state index contributed by atoms with van der Waals surface area (Å²) in [5, 5.41) is 2.52. The number of piperazine rings is 1. The summed E-state index contributed by atoms with van der Waals surface area (Å²) in [7, 11) is -4.58. The number of halogens is 9. The molecule has 264 valence electrons. The van der Waals surface area contributed by atoms with Crippen LogP contribution in [0.5, 0.6) is 11.5 Å².